The van der Waals surface area contributed by atoms with Crippen molar-refractivity contribution in [1.29, 1.82) is 0 Å². The zero-order chi connectivity index (χ0) is 16.2. The van der Waals surface area contributed by atoms with Crippen molar-refractivity contribution in [3.05, 3.63) is 0 Å². The summed E-state index contributed by atoms with van der Waals surface area (Å²) in [6.45, 7) is 3.93. The molecule has 3 N–H and O–H groups in total. The second kappa shape index (κ2) is 7.55. The molecule has 1 aromatic heterocycles. The number of amides is 1. The summed E-state index contributed by atoms with van der Waals surface area (Å²) < 4.78 is 0. The standard InChI is InChI=1S/C15H26N6OS/c1-20-7-9-21(10-8-20)12(11-5-3-2-4-6-11)13(22)17-15-19-18-14(16)23-15/h11-12H,2-10H2,1H3,(H2,16,18)(H,17,19,22). The first-order valence-corrected chi connectivity index (χ1v) is 9.27. The van der Waals surface area contributed by atoms with E-state index in [1.165, 1.54) is 30.6 Å². The van der Waals surface area contributed by atoms with Crippen LogP contribution >= 0.6 is 11.3 Å². The molecule has 23 heavy (non-hydrogen) atoms. The fourth-order valence-electron chi connectivity index (χ4n) is 3.69. The molecular weight excluding hydrogens is 312 g/mol. The Kier molecular flexibility index (Phi) is 5.45. The van der Waals surface area contributed by atoms with Gasteiger partial charge in [-0.05, 0) is 25.8 Å². The summed E-state index contributed by atoms with van der Waals surface area (Å²) in [6.07, 6.45) is 6.04. The van der Waals surface area contributed by atoms with Gasteiger partial charge < -0.3 is 10.6 Å². The number of hydrogen-bond acceptors (Lipinski definition) is 7. The molecule has 2 heterocycles. The first-order chi connectivity index (χ1) is 11.1. The maximum absolute atomic E-state index is 12.9. The molecule has 1 atom stereocenters. The van der Waals surface area contributed by atoms with E-state index in [-0.39, 0.29) is 11.9 Å². The Morgan fingerprint density at radius 1 is 1.22 bits per heavy atom. The third-order valence-electron chi connectivity index (χ3n) is 4.97. The van der Waals surface area contributed by atoms with Gasteiger partial charge in [-0.2, -0.15) is 0 Å². The van der Waals surface area contributed by atoms with Gasteiger partial charge in [0.25, 0.3) is 0 Å². The maximum Gasteiger partial charge on any atom is 0.243 e. The van der Waals surface area contributed by atoms with Crippen LogP contribution in [0.4, 0.5) is 10.3 Å². The van der Waals surface area contributed by atoms with E-state index in [2.05, 4.69) is 32.4 Å². The average molecular weight is 338 g/mol. The molecular formula is C15H26N6OS. The number of anilines is 2. The van der Waals surface area contributed by atoms with Gasteiger partial charge in [0.1, 0.15) is 0 Å². The van der Waals surface area contributed by atoms with Crippen LogP contribution in [0.15, 0.2) is 0 Å². The van der Waals surface area contributed by atoms with Gasteiger partial charge in [-0.15, -0.1) is 10.2 Å². The Morgan fingerprint density at radius 2 is 1.91 bits per heavy atom. The number of nitrogens with two attached hydrogens (primary N) is 1. The molecule has 3 rings (SSSR count). The first kappa shape index (κ1) is 16.6. The largest absolute Gasteiger partial charge is 0.374 e. The lowest BCUT2D eigenvalue weighted by molar-refractivity contribution is -0.124. The van der Waals surface area contributed by atoms with E-state index >= 15 is 0 Å². The number of rotatable bonds is 4. The molecule has 0 spiro atoms. The van der Waals surface area contributed by atoms with E-state index in [0.717, 1.165) is 39.0 Å². The Morgan fingerprint density at radius 3 is 2.52 bits per heavy atom. The van der Waals surface area contributed by atoms with E-state index in [4.69, 9.17) is 5.73 Å². The Labute approximate surface area is 141 Å². The molecule has 8 heteroatoms. The van der Waals surface area contributed by atoms with E-state index < -0.39 is 0 Å². The number of hydrogen-bond donors (Lipinski definition) is 2. The van der Waals surface area contributed by atoms with Crippen molar-refractivity contribution in [1.82, 2.24) is 20.0 Å². The van der Waals surface area contributed by atoms with Crippen molar-refractivity contribution in [2.24, 2.45) is 5.92 Å². The van der Waals surface area contributed by atoms with Gasteiger partial charge in [0.05, 0.1) is 6.04 Å². The van der Waals surface area contributed by atoms with Crippen LogP contribution < -0.4 is 11.1 Å². The topological polar surface area (TPSA) is 87.4 Å². The van der Waals surface area contributed by atoms with Gasteiger partial charge in [-0.3, -0.25) is 15.0 Å². The summed E-state index contributed by atoms with van der Waals surface area (Å²) in [5, 5.41) is 11.5. The second-order valence-corrected chi connectivity index (χ2v) is 7.63. The minimum atomic E-state index is -0.0610. The van der Waals surface area contributed by atoms with Crippen LogP contribution in [0.2, 0.25) is 0 Å². The molecule has 1 amide bonds. The molecule has 128 valence electrons. The van der Waals surface area contributed by atoms with Crippen LogP contribution in [0.1, 0.15) is 32.1 Å². The third kappa shape index (κ3) is 4.19. The summed E-state index contributed by atoms with van der Waals surface area (Å²) in [5.74, 6) is 0.495. The minimum Gasteiger partial charge on any atom is -0.374 e. The van der Waals surface area contributed by atoms with Crippen LogP contribution in [-0.2, 0) is 4.79 Å². The molecule has 1 aromatic rings. The van der Waals surface area contributed by atoms with E-state index in [1.54, 1.807) is 0 Å². The smallest absolute Gasteiger partial charge is 0.243 e. The fourth-order valence-corrected chi connectivity index (χ4v) is 4.21. The molecule has 2 fully saturated rings. The van der Waals surface area contributed by atoms with Gasteiger partial charge in [0.15, 0.2) is 0 Å². The normalized spacial score (nSPS) is 22.8. The number of likely N-dealkylation sites (N-methyl/N-ethyl adjacent to an activating group) is 1. The van der Waals surface area contributed by atoms with Crippen LogP contribution in [0.3, 0.4) is 0 Å². The molecule has 0 radical (unpaired) electrons. The third-order valence-corrected chi connectivity index (χ3v) is 5.63. The van der Waals surface area contributed by atoms with Crippen LogP contribution in [-0.4, -0.2) is 65.2 Å². The van der Waals surface area contributed by atoms with Gasteiger partial charge in [0.2, 0.25) is 16.2 Å². The zero-order valence-corrected chi connectivity index (χ0v) is 14.5. The monoisotopic (exact) mass is 338 g/mol. The molecule has 1 saturated heterocycles. The van der Waals surface area contributed by atoms with Crippen LogP contribution in [0.25, 0.3) is 0 Å². The van der Waals surface area contributed by atoms with Crippen molar-refractivity contribution in [2.45, 2.75) is 38.1 Å². The number of piperazine rings is 1. The van der Waals surface area contributed by atoms with E-state index in [9.17, 15) is 4.79 Å². The molecule has 1 aliphatic heterocycles. The molecule has 7 nitrogen and oxygen atoms in total. The van der Waals surface area contributed by atoms with Gasteiger partial charge in [-0.1, -0.05) is 30.6 Å². The van der Waals surface area contributed by atoms with Crippen molar-refractivity contribution in [3.8, 4) is 0 Å². The van der Waals surface area contributed by atoms with Gasteiger partial charge in [0, 0.05) is 26.2 Å². The SMILES string of the molecule is CN1CCN(C(C(=O)Nc2nnc(N)s2)C2CCCCC2)CC1. The highest BCUT2D eigenvalue weighted by Crippen LogP contribution is 2.30. The van der Waals surface area contributed by atoms with E-state index in [0.29, 0.717) is 16.2 Å². The summed E-state index contributed by atoms with van der Waals surface area (Å²) in [6, 6.07) is -0.0610. The average Bonchev–Trinajstić information content (AvgIpc) is 2.95. The molecule has 1 aliphatic carbocycles. The lowest BCUT2D eigenvalue weighted by Crippen LogP contribution is -2.55. The van der Waals surface area contributed by atoms with Crippen molar-refractivity contribution < 1.29 is 4.79 Å². The van der Waals surface area contributed by atoms with Crippen LogP contribution in [0, 0.1) is 5.92 Å². The Bertz CT molecular complexity index is 522. The fraction of sp³-hybridized carbons (Fsp3) is 0.800. The van der Waals surface area contributed by atoms with Crippen LogP contribution in [0.5, 0.6) is 0 Å². The number of nitrogens with one attached hydrogen (secondary N) is 1. The summed E-state index contributed by atoms with van der Waals surface area (Å²) in [4.78, 5) is 17.6. The summed E-state index contributed by atoms with van der Waals surface area (Å²) in [5.41, 5.74) is 5.61. The highest BCUT2D eigenvalue weighted by atomic mass is 32.1. The van der Waals surface area contributed by atoms with Crippen molar-refractivity contribution >= 4 is 27.5 Å². The number of nitrogens with zero attached hydrogens (tertiary/aromatic N) is 4. The first-order valence-electron chi connectivity index (χ1n) is 8.46. The Hall–Kier alpha value is -1.25. The van der Waals surface area contributed by atoms with E-state index in [1.807, 2.05) is 0 Å². The molecule has 1 unspecified atom stereocenters. The molecule has 0 bridgehead atoms. The maximum atomic E-state index is 12.9. The minimum absolute atomic E-state index is 0.0533. The lowest BCUT2D eigenvalue weighted by Gasteiger charge is -2.41. The number of carbonyl (C=O) groups excluding carboxylic acids is 1. The predicted molar refractivity (Wildman–Crippen MR) is 92.4 cm³/mol. The highest BCUT2D eigenvalue weighted by Gasteiger charge is 2.35. The van der Waals surface area contributed by atoms with Gasteiger partial charge in [-0.25, -0.2) is 0 Å². The molecule has 1 saturated carbocycles. The summed E-state index contributed by atoms with van der Waals surface area (Å²) in [7, 11) is 2.14. The zero-order valence-electron chi connectivity index (χ0n) is 13.7. The number of nitrogen functional groups attached to an aromatic ring is 1. The van der Waals surface area contributed by atoms with Crippen molar-refractivity contribution in [2.75, 3.05) is 44.3 Å². The predicted octanol–water partition coefficient (Wildman–Crippen LogP) is 1.26. The lowest BCUT2D eigenvalue weighted by atomic mass is 9.82. The molecule has 2 aliphatic rings. The highest BCUT2D eigenvalue weighted by molar-refractivity contribution is 7.18. The summed E-state index contributed by atoms with van der Waals surface area (Å²) >= 11 is 1.22. The Balaban J connectivity index is 1.71. The van der Waals surface area contributed by atoms with Crippen molar-refractivity contribution in [3.63, 3.8) is 0 Å². The second-order valence-electron chi connectivity index (χ2n) is 6.62. The van der Waals surface area contributed by atoms with Gasteiger partial charge >= 0.3 is 0 Å². The quantitative estimate of drug-likeness (QED) is 0.859. The number of aromatic nitrogens is 2. The number of carbonyl (C=O) groups is 1. The molecule has 0 aromatic carbocycles.